The van der Waals surface area contributed by atoms with Crippen LogP contribution in [0.4, 0.5) is 19.0 Å². The number of aromatic amines is 1. The number of nitrogens with one attached hydrogen (secondary N) is 2. The van der Waals surface area contributed by atoms with E-state index in [1.54, 1.807) is 4.90 Å². The van der Waals surface area contributed by atoms with Gasteiger partial charge in [-0.05, 0) is 50.8 Å². The van der Waals surface area contributed by atoms with E-state index < -0.39 is 23.2 Å². The van der Waals surface area contributed by atoms with E-state index in [0.29, 0.717) is 24.4 Å². The molecule has 1 fully saturated rings. The summed E-state index contributed by atoms with van der Waals surface area (Å²) in [6, 6.07) is 4.22. The predicted molar refractivity (Wildman–Crippen MR) is 98.9 cm³/mol. The summed E-state index contributed by atoms with van der Waals surface area (Å²) in [5.74, 6) is 0.0517. The van der Waals surface area contributed by atoms with Crippen molar-refractivity contribution in [3.8, 4) is 0 Å². The van der Waals surface area contributed by atoms with Crippen LogP contribution in [0, 0.1) is 5.92 Å². The van der Waals surface area contributed by atoms with E-state index in [1.807, 2.05) is 13.8 Å². The molecule has 4 rings (SSSR count). The number of alkyl halides is 3. The molecular formula is C20H21F3N4O2. The Morgan fingerprint density at radius 3 is 2.69 bits per heavy atom. The predicted octanol–water partition coefficient (Wildman–Crippen LogP) is 4.06. The van der Waals surface area contributed by atoms with Gasteiger partial charge in [0.2, 0.25) is 5.91 Å². The molecule has 0 bridgehead atoms. The number of rotatable bonds is 4. The number of carbonyl (C=O) groups is 2. The molecule has 2 heterocycles. The van der Waals surface area contributed by atoms with Crippen molar-refractivity contribution in [1.29, 1.82) is 0 Å². The van der Waals surface area contributed by atoms with E-state index in [2.05, 4.69) is 15.5 Å². The van der Waals surface area contributed by atoms with Gasteiger partial charge in [0, 0.05) is 17.5 Å². The molecule has 1 aromatic heterocycles. The SMILES string of the molecule is CC1(C)c2[nH]nc(NC(=O)c3cccc(C(F)(F)F)c3)c2CN1C(=O)CC1CC1. The molecule has 2 aromatic rings. The first-order valence-corrected chi connectivity index (χ1v) is 9.44. The Morgan fingerprint density at radius 2 is 2.03 bits per heavy atom. The number of H-pyrrole nitrogens is 1. The highest BCUT2D eigenvalue weighted by Crippen LogP contribution is 2.42. The molecule has 2 aliphatic rings. The van der Waals surface area contributed by atoms with E-state index in [1.165, 1.54) is 12.1 Å². The number of aromatic nitrogens is 2. The Hall–Kier alpha value is -2.84. The molecule has 0 spiro atoms. The Kier molecular flexibility index (Phi) is 4.43. The second kappa shape index (κ2) is 6.60. The lowest BCUT2D eigenvalue weighted by Crippen LogP contribution is -2.40. The molecule has 0 atom stereocenters. The van der Waals surface area contributed by atoms with Gasteiger partial charge in [-0.15, -0.1) is 0 Å². The number of benzene rings is 1. The summed E-state index contributed by atoms with van der Waals surface area (Å²) >= 11 is 0. The van der Waals surface area contributed by atoms with Crippen LogP contribution in [0.1, 0.15) is 60.3 Å². The number of nitrogens with zero attached hydrogens (tertiary/aromatic N) is 2. The third-order valence-electron chi connectivity index (χ3n) is 5.62. The third-order valence-corrected chi connectivity index (χ3v) is 5.62. The number of anilines is 1. The quantitative estimate of drug-likeness (QED) is 0.804. The minimum Gasteiger partial charge on any atom is -0.327 e. The van der Waals surface area contributed by atoms with Crippen molar-refractivity contribution in [2.24, 2.45) is 5.92 Å². The number of amides is 2. The Morgan fingerprint density at radius 1 is 1.31 bits per heavy atom. The van der Waals surface area contributed by atoms with Crippen molar-refractivity contribution in [3.63, 3.8) is 0 Å². The van der Waals surface area contributed by atoms with Crippen molar-refractivity contribution in [2.75, 3.05) is 5.32 Å². The van der Waals surface area contributed by atoms with Gasteiger partial charge in [-0.25, -0.2) is 0 Å². The summed E-state index contributed by atoms with van der Waals surface area (Å²) in [7, 11) is 0. The molecular weight excluding hydrogens is 385 g/mol. The van der Waals surface area contributed by atoms with E-state index in [9.17, 15) is 22.8 Å². The number of carbonyl (C=O) groups excluding carboxylic acids is 2. The summed E-state index contributed by atoms with van der Waals surface area (Å²) in [5, 5.41) is 9.59. The van der Waals surface area contributed by atoms with Crippen LogP contribution in [0.3, 0.4) is 0 Å². The summed E-state index contributed by atoms with van der Waals surface area (Å²) < 4.78 is 38.7. The number of hydrogen-bond acceptors (Lipinski definition) is 3. The summed E-state index contributed by atoms with van der Waals surface area (Å²) in [6.45, 7) is 4.10. The number of hydrogen-bond donors (Lipinski definition) is 2. The highest BCUT2D eigenvalue weighted by Gasteiger charge is 2.44. The molecule has 0 unspecified atom stereocenters. The molecule has 154 valence electrons. The molecule has 0 radical (unpaired) electrons. The monoisotopic (exact) mass is 406 g/mol. The van der Waals surface area contributed by atoms with E-state index in [0.717, 1.165) is 30.7 Å². The maximum atomic E-state index is 12.9. The molecule has 29 heavy (non-hydrogen) atoms. The van der Waals surface area contributed by atoms with Gasteiger partial charge in [0.05, 0.1) is 23.3 Å². The Labute approximate surface area is 165 Å². The van der Waals surface area contributed by atoms with Crippen molar-refractivity contribution in [3.05, 3.63) is 46.6 Å². The van der Waals surface area contributed by atoms with Crippen LogP contribution in [-0.4, -0.2) is 26.9 Å². The first-order chi connectivity index (χ1) is 13.6. The van der Waals surface area contributed by atoms with Gasteiger partial charge in [0.25, 0.3) is 5.91 Å². The van der Waals surface area contributed by atoms with Crippen molar-refractivity contribution < 1.29 is 22.8 Å². The zero-order valence-corrected chi connectivity index (χ0v) is 16.1. The summed E-state index contributed by atoms with van der Waals surface area (Å²) in [6.07, 6.45) is -1.88. The van der Waals surface area contributed by atoms with Crippen LogP contribution in [0.25, 0.3) is 0 Å². The molecule has 1 aromatic carbocycles. The molecule has 0 saturated heterocycles. The fraction of sp³-hybridized carbons (Fsp3) is 0.450. The minimum atomic E-state index is -4.53. The van der Waals surface area contributed by atoms with Gasteiger partial charge in [-0.3, -0.25) is 14.7 Å². The zero-order chi connectivity index (χ0) is 21.0. The Balaban J connectivity index is 1.54. The summed E-state index contributed by atoms with van der Waals surface area (Å²) in [5.41, 5.74) is -0.209. The largest absolute Gasteiger partial charge is 0.416 e. The second-order valence-corrected chi connectivity index (χ2v) is 8.14. The lowest BCUT2D eigenvalue weighted by Gasteiger charge is -2.32. The van der Waals surface area contributed by atoms with Crippen LogP contribution in [0.2, 0.25) is 0 Å². The third kappa shape index (κ3) is 3.61. The second-order valence-electron chi connectivity index (χ2n) is 8.14. The molecule has 1 aliphatic carbocycles. The van der Waals surface area contributed by atoms with Crippen LogP contribution in [-0.2, 0) is 23.1 Å². The first-order valence-electron chi connectivity index (χ1n) is 9.44. The van der Waals surface area contributed by atoms with Gasteiger partial charge >= 0.3 is 6.18 Å². The van der Waals surface area contributed by atoms with Gasteiger partial charge < -0.3 is 10.2 Å². The van der Waals surface area contributed by atoms with Crippen LogP contribution in [0.5, 0.6) is 0 Å². The highest BCUT2D eigenvalue weighted by molar-refractivity contribution is 6.04. The standard InChI is InChI=1S/C20H21F3N4O2/c1-19(2)16-14(10-27(19)15(28)8-11-6-7-11)17(26-25-16)24-18(29)12-4-3-5-13(9-12)20(21,22)23/h3-5,9,11H,6-8,10H2,1-2H3,(H2,24,25,26,29). The number of fused-ring (bicyclic) bond motifs is 1. The lowest BCUT2D eigenvalue weighted by molar-refractivity contribution is -0.138. The van der Waals surface area contributed by atoms with Crippen molar-refractivity contribution in [1.82, 2.24) is 15.1 Å². The molecule has 2 N–H and O–H groups in total. The van der Waals surface area contributed by atoms with Crippen molar-refractivity contribution >= 4 is 17.6 Å². The smallest absolute Gasteiger partial charge is 0.327 e. The maximum absolute atomic E-state index is 12.9. The molecule has 9 heteroatoms. The van der Waals surface area contributed by atoms with Gasteiger partial charge in [-0.2, -0.15) is 18.3 Å². The van der Waals surface area contributed by atoms with E-state index in [-0.39, 0.29) is 17.3 Å². The lowest BCUT2D eigenvalue weighted by atomic mass is 10.00. The zero-order valence-electron chi connectivity index (χ0n) is 16.1. The average molecular weight is 406 g/mol. The molecule has 1 saturated carbocycles. The number of halogens is 3. The van der Waals surface area contributed by atoms with Crippen LogP contribution in [0.15, 0.2) is 24.3 Å². The van der Waals surface area contributed by atoms with Crippen molar-refractivity contribution in [2.45, 2.75) is 51.4 Å². The van der Waals surface area contributed by atoms with E-state index in [4.69, 9.17) is 0 Å². The van der Waals surface area contributed by atoms with Gasteiger partial charge in [-0.1, -0.05) is 6.07 Å². The summed E-state index contributed by atoms with van der Waals surface area (Å²) in [4.78, 5) is 26.9. The van der Waals surface area contributed by atoms with Crippen LogP contribution < -0.4 is 5.32 Å². The molecule has 1 aliphatic heterocycles. The maximum Gasteiger partial charge on any atom is 0.416 e. The molecule has 2 amide bonds. The normalized spacial score (nSPS) is 17.9. The highest BCUT2D eigenvalue weighted by atomic mass is 19.4. The minimum absolute atomic E-state index is 0.0530. The topological polar surface area (TPSA) is 78.1 Å². The van der Waals surface area contributed by atoms with E-state index >= 15 is 0 Å². The van der Waals surface area contributed by atoms with Gasteiger partial charge in [0.15, 0.2) is 5.82 Å². The van der Waals surface area contributed by atoms with Crippen LogP contribution >= 0.6 is 0 Å². The fourth-order valence-corrected chi connectivity index (χ4v) is 3.71. The van der Waals surface area contributed by atoms with Gasteiger partial charge in [0.1, 0.15) is 0 Å². The Bertz CT molecular complexity index is 976. The average Bonchev–Trinajstić information content (AvgIpc) is 3.29. The molecule has 6 nitrogen and oxygen atoms in total. The first kappa shape index (κ1) is 19.5. The fourth-order valence-electron chi connectivity index (χ4n) is 3.71.